The van der Waals surface area contributed by atoms with Gasteiger partial charge in [0.15, 0.2) is 0 Å². The first-order valence-electron chi connectivity index (χ1n) is 4.11. The van der Waals surface area contributed by atoms with Crippen molar-refractivity contribution in [2.45, 2.75) is 19.3 Å². The van der Waals surface area contributed by atoms with Crippen LogP contribution in [0.15, 0.2) is 0 Å². The minimum absolute atomic E-state index is 0.00523. The molecule has 0 bridgehead atoms. The van der Waals surface area contributed by atoms with E-state index >= 15 is 0 Å². The van der Waals surface area contributed by atoms with Crippen molar-refractivity contribution in [1.29, 1.82) is 0 Å². The van der Waals surface area contributed by atoms with Crippen molar-refractivity contribution in [3.63, 3.8) is 0 Å². The van der Waals surface area contributed by atoms with E-state index in [1.165, 1.54) is 0 Å². The van der Waals surface area contributed by atoms with Gasteiger partial charge in [0.05, 0.1) is 13.2 Å². The molecule has 0 aromatic carbocycles. The lowest BCUT2D eigenvalue weighted by Gasteiger charge is -2.30. The second kappa shape index (κ2) is 3.52. The minimum Gasteiger partial charge on any atom is -0.396 e. The Bertz CT molecular complexity index is 121. The molecule has 0 radical (unpaired) electrons. The molecule has 0 saturated heterocycles. The highest BCUT2D eigenvalue weighted by molar-refractivity contribution is 4.90. The molecule has 1 unspecified atom stereocenters. The maximum Gasteiger partial charge on any atom is 0.0512 e. The van der Waals surface area contributed by atoms with E-state index in [1.54, 1.807) is 0 Å². The molecule has 1 fully saturated rings. The van der Waals surface area contributed by atoms with Crippen LogP contribution in [-0.2, 0) is 0 Å². The highest BCUT2D eigenvalue weighted by Gasteiger charge is 2.41. The third-order valence-electron chi connectivity index (χ3n) is 2.94. The second-order valence-corrected chi connectivity index (χ2v) is 3.45. The molecule has 3 N–H and O–H groups in total. The fourth-order valence-electron chi connectivity index (χ4n) is 1.96. The van der Waals surface area contributed by atoms with E-state index in [2.05, 4.69) is 0 Å². The SMILES string of the molecule is OCC1CCCC1(CO)CO. The molecule has 1 atom stereocenters. The molecule has 66 valence electrons. The fraction of sp³-hybridized carbons (Fsp3) is 1.00. The Kier molecular flexibility index (Phi) is 2.87. The zero-order chi connectivity index (χ0) is 8.32. The summed E-state index contributed by atoms with van der Waals surface area (Å²) in [5.74, 6) is 0.0949. The van der Waals surface area contributed by atoms with Gasteiger partial charge < -0.3 is 15.3 Å². The highest BCUT2D eigenvalue weighted by Crippen LogP contribution is 2.42. The zero-order valence-corrected chi connectivity index (χ0v) is 6.66. The predicted octanol–water partition coefficient (Wildman–Crippen LogP) is -0.250. The summed E-state index contributed by atoms with van der Waals surface area (Å²) < 4.78 is 0. The van der Waals surface area contributed by atoms with Gasteiger partial charge in [-0.05, 0) is 18.8 Å². The molecular weight excluding hydrogens is 144 g/mol. The largest absolute Gasteiger partial charge is 0.396 e. The second-order valence-electron chi connectivity index (χ2n) is 3.45. The Hall–Kier alpha value is -0.120. The molecule has 0 spiro atoms. The van der Waals surface area contributed by atoms with Crippen LogP contribution in [0.1, 0.15) is 19.3 Å². The average Bonchev–Trinajstić information content (AvgIpc) is 2.47. The Morgan fingerprint density at radius 1 is 1.18 bits per heavy atom. The molecule has 0 aromatic heterocycles. The Morgan fingerprint density at radius 3 is 2.18 bits per heavy atom. The normalized spacial score (nSPS) is 29.2. The predicted molar refractivity (Wildman–Crippen MR) is 41.0 cm³/mol. The van der Waals surface area contributed by atoms with Gasteiger partial charge in [-0.25, -0.2) is 0 Å². The van der Waals surface area contributed by atoms with Crippen LogP contribution in [0.25, 0.3) is 0 Å². The quantitative estimate of drug-likeness (QED) is 0.533. The zero-order valence-electron chi connectivity index (χ0n) is 6.66. The molecule has 1 saturated carbocycles. The highest BCUT2D eigenvalue weighted by atomic mass is 16.3. The summed E-state index contributed by atoms with van der Waals surface area (Å²) in [6.45, 7) is 0.0740. The van der Waals surface area contributed by atoms with E-state index in [0.717, 1.165) is 19.3 Å². The van der Waals surface area contributed by atoms with Crippen LogP contribution in [0.3, 0.4) is 0 Å². The summed E-state index contributed by atoms with van der Waals surface area (Å²) in [6, 6.07) is 0. The third kappa shape index (κ3) is 1.41. The first kappa shape index (κ1) is 8.97. The van der Waals surface area contributed by atoms with Gasteiger partial charge in [0.25, 0.3) is 0 Å². The van der Waals surface area contributed by atoms with Gasteiger partial charge in [-0.15, -0.1) is 0 Å². The van der Waals surface area contributed by atoms with Crippen LogP contribution < -0.4 is 0 Å². The van der Waals surface area contributed by atoms with Crippen molar-refractivity contribution in [1.82, 2.24) is 0 Å². The summed E-state index contributed by atoms with van der Waals surface area (Å²) in [7, 11) is 0. The first-order valence-corrected chi connectivity index (χ1v) is 4.11. The summed E-state index contributed by atoms with van der Waals surface area (Å²) in [4.78, 5) is 0. The van der Waals surface area contributed by atoms with Crippen LogP contribution in [0.4, 0.5) is 0 Å². The van der Waals surface area contributed by atoms with E-state index in [4.69, 9.17) is 15.3 Å². The minimum atomic E-state index is -0.394. The van der Waals surface area contributed by atoms with E-state index in [9.17, 15) is 0 Å². The smallest absolute Gasteiger partial charge is 0.0512 e. The molecule has 1 aliphatic rings. The van der Waals surface area contributed by atoms with E-state index < -0.39 is 5.41 Å². The van der Waals surface area contributed by atoms with Crippen LogP contribution >= 0.6 is 0 Å². The van der Waals surface area contributed by atoms with Crippen molar-refractivity contribution >= 4 is 0 Å². The number of hydrogen-bond acceptors (Lipinski definition) is 3. The maximum absolute atomic E-state index is 9.05. The standard InChI is InChI=1S/C8H16O3/c9-4-7-2-1-3-8(7,5-10)6-11/h7,9-11H,1-6H2. The van der Waals surface area contributed by atoms with Crippen molar-refractivity contribution in [3.8, 4) is 0 Å². The summed E-state index contributed by atoms with van der Waals surface area (Å²) in [5, 5.41) is 27.0. The number of aliphatic hydroxyl groups is 3. The van der Waals surface area contributed by atoms with Crippen LogP contribution in [0, 0.1) is 11.3 Å². The molecule has 0 aromatic rings. The van der Waals surface area contributed by atoms with Gasteiger partial charge >= 0.3 is 0 Å². The summed E-state index contributed by atoms with van der Waals surface area (Å²) >= 11 is 0. The average molecular weight is 160 g/mol. The topological polar surface area (TPSA) is 60.7 Å². The summed E-state index contributed by atoms with van der Waals surface area (Å²) in [5.41, 5.74) is -0.394. The van der Waals surface area contributed by atoms with Crippen LogP contribution in [0.5, 0.6) is 0 Å². The van der Waals surface area contributed by atoms with Gasteiger partial charge in [-0.2, -0.15) is 0 Å². The Labute approximate surface area is 66.7 Å². The molecule has 1 aliphatic carbocycles. The van der Waals surface area contributed by atoms with Crippen molar-refractivity contribution in [3.05, 3.63) is 0 Å². The van der Waals surface area contributed by atoms with Crippen molar-refractivity contribution in [2.24, 2.45) is 11.3 Å². The third-order valence-corrected chi connectivity index (χ3v) is 2.94. The number of aliphatic hydroxyl groups excluding tert-OH is 3. The Morgan fingerprint density at radius 2 is 1.82 bits per heavy atom. The van der Waals surface area contributed by atoms with E-state index in [-0.39, 0.29) is 25.7 Å². The van der Waals surface area contributed by atoms with Gasteiger partial charge in [0.2, 0.25) is 0 Å². The van der Waals surface area contributed by atoms with Gasteiger partial charge in [-0.3, -0.25) is 0 Å². The van der Waals surface area contributed by atoms with Crippen LogP contribution in [0.2, 0.25) is 0 Å². The van der Waals surface area contributed by atoms with Crippen LogP contribution in [-0.4, -0.2) is 35.1 Å². The lowest BCUT2D eigenvalue weighted by Crippen LogP contribution is -2.35. The lowest BCUT2D eigenvalue weighted by molar-refractivity contribution is 0.00180. The number of rotatable bonds is 3. The molecular formula is C8H16O3. The molecule has 0 aliphatic heterocycles. The lowest BCUT2D eigenvalue weighted by atomic mass is 9.80. The molecule has 0 heterocycles. The van der Waals surface area contributed by atoms with Crippen molar-refractivity contribution in [2.75, 3.05) is 19.8 Å². The van der Waals surface area contributed by atoms with Gasteiger partial charge in [0.1, 0.15) is 0 Å². The monoisotopic (exact) mass is 160 g/mol. The van der Waals surface area contributed by atoms with E-state index in [1.807, 2.05) is 0 Å². The maximum atomic E-state index is 9.05. The molecule has 3 heteroatoms. The fourth-order valence-corrected chi connectivity index (χ4v) is 1.96. The molecule has 1 rings (SSSR count). The van der Waals surface area contributed by atoms with Gasteiger partial charge in [0, 0.05) is 12.0 Å². The molecule has 11 heavy (non-hydrogen) atoms. The number of hydrogen-bond donors (Lipinski definition) is 3. The molecule has 3 nitrogen and oxygen atoms in total. The summed E-state index contributed by atoms with van der Waals surface area (Å²) in [6.07, 6.45) is 2.77. The van der Waals surface area contributed by atoms with Gasteiger partial charge in [-0.1, -0.05) is 6.42 Å². The van der Waals surface area contributed by atoms with E-state index in [0.29, 0.717) is 0 Å². The Balaban J connectivity index is 2.63. The first-order chi connectivity index (χ1) is 5.29. The van der Waals surface area contributed by atoms with Crippen molar-refractivity contribution < 1.29 is 15.3 Å². The molecule has 0 amide bonds.